The number of carbonyl (C=O) groups is 1. The van der Waals surface area contributed by atoms with Gasteiger partial charge in [-0.1, -0.05) is 30.7 Å². The Morgan fingerprint density at radius 3 is 2.75 bits per heavy atom. The Hall–Kier alpha value is -1.46. The fourth-order valence-electron chi connectivity index (χ4n) is 1.55. The molecule has 1 aromatic carbocycles. The molecule has 20 heavy (non-hydrogen) atoms. The summed E-state index contributed by atoms with van der Waals surface area (Å²) in [6.07, 6.45) is 0.463. The number of hydrogen-bond acceptors (Lipinski definition) is 3. The fraction of sp³-hybridized carbons (Fsp3) is 0.500. The Morgan fingerprint density at radius 1 is 1.45 bits per heavy atom. The quantitative estimate of drug-likeness (QED) is 0.723. The van der Waals surface area contributed by atoms with Crippen molar-refractivity contribution in [3.8, 4) is 5.75 Å². The van der Waals surface area contributed by atoms with Crippen molar-refractivity contribution in [1.82, 2.24) is 10.6 Å². The number of amides is 2. The molecule has 2 unspecified atom stereocenters. The van der Waals surface area contributed by atoms with Gasteiger partial charge in [0.25, 0.3) is 0 Å². The number of benzene rings is 1. The number of carbonyl (C=O) groups excluding carboxylic acids is 1. The Bertz CT molecular complexity index is 425. The highest BCUT2D eigenvalue weighted by atomic mass is 35.5. The molecule has 0 aliphatic carbocycles. The summed E-state index contributed by atoms with van der Waals surface area (Å²) in [4.78, 5) is 11.6. The van der Waals surface area contributed by atoms with Crippen molar-refractivity contribution in [3.63, 3.8) is 0 Å². The van der Waals surface area contributed by atoms with Gasteiger partial charge in [-0.05, 0) is 25.5 Å². The molecule has 0 saturated carbocycles. The predicted octanol–water partition coefficient (Wildman–Crippen LogP) is 2.18. The van der Waals surface area contributed by atoms with Crippen molar-refractivity contribution in [2.24, 2.45) is 0 Å². The second kappa shape index (κ2) is 8.66. The molecule has 0 aromatic heterocycles. The van der Waals surface area contributed by atoms with Crippen LogP contribution in [0.25, 0.3) is 0 Å². The molecule has 5 nitrogen and oxygen atoms in total. The molecule has 1 rings (SSSR count). The normalized spacial score (nSPS) is 13.4. The number of para-hydroxylation sites is 1. The predicted molar refractivity (Wildman–Crippen MR) is 79.2 cm³/mol. The van der Waals surface area contributed by atoms with Crippen LogP contribution >= 0.6 is 11.6 Å². The van der Waals surface area contributed by atoms with Gasteiger partial charge >= 0.3 is 6.03 Å². The molecule has 0 spiro atoms. The third kappa shape index (κ3) is 5.67. The standard InChI is InChI=1S/C14H21ClN2O3/c1-3-11(9-18)17-14(19)16-8-10(2)20-13-7-5-4-6-12(13)15/h4-7,10-11,18H,3,8-9H2,1-2H3,(H2,16,17,19). The van der Waals surface area contributed by atoms with Crippen LogP contribution in [-0.4, -0.2) is 36.4 Å². The fourth-order valence-corrected chi connectivity index (χ4v) is 1.73. The molecule has 2 amide bonds. The van der Waals surface area contributed by atoms with Gasteiger partial charge in [-0.25, -0.2) is 4.79 Å². The Kier molecular flexibility index (Phi) is 7.18. The second-order valence-corrected chi connectivity index (χ2v) is 4.91. The first kappa shape index (κ1) is 16.6. The lowest BCUT2D eigenvalue weighted by atomic mass is 10.2. The minimum atomic E-state index is -0.319. The zero-order valence-electron chi connectivity index (χ0n) is 11.7. The van der Waals surface area contributed by atoms with Crippen LogP contribution in [0.15, 0.2) is 24.3 Å². The molecule has 0 aliphatic rings. The molecule has 112 valence electrons. The van der Waals surface area contributed by atoms with E-state index in [-0.39, 0.29) is 24.8 Å². The summed E-state index contributed by atoms with van der Waals surface area (Å²) in [5.41, 5.74) is 0. The summed E-state index contributed by atoms with van der Waals surface area (Å²) in [7, 11) is 0. The van der Waals surface area contributed by atoms with Gasteiger partial charge in [-0.2, -0.15) is 0 Å². The van der Waals surface area contributed by atoms with E-state index in [1.807, 2.05) is 26.0 Å². The van der Waals surface area contributed by atoms with Gasteiger partial charge in [-0.3, -0.25) is 0 Å². The number of aliphatic hydroxyl groups is 1. The van der Waals surface area contributed by atoms with Crippen LogP contribution in [0.3, 0.4) is 0 Å². The summed E-state index contributed by atoms with van der Waals surface area (Å²) < 4.78 is 5.63. The maximum Gasteiger partial charge on any atom is 0.315 e. The minimum Gasteiger partial charge on any atom is -0.487 e. The average molecular weight is 301 g/mol. The molecular weight excluding hydrogens is 280 g/mol. The van der Waals surface area contributed by atoms with Gasteiger partial charge in [0, 0.05) is 0 Å². The molecule has 0 fully saturated rings. The van der Waals surface area contributed by atoms with Crippen LogP contribution in [-0.2, 0) is 0 Å². The number of rotatable bonds is 7. The zero-order valence-corrected chi connectivity index (χ0v) is 12.5. The van der Waals surface area contributed by atoms with E-state index in [1.165, 1.54) is 0 Å². The molecule has 6 heteroatoms. The third-order valence-corrected chi connectivity index (χ3v) is 3.08. The van der Waals surface area contributed by atoms with E-state index in [4.69, 9.17) is 21.4 Å². The third-order valence-electron chi connectivity index (χ3n) is 2.76. The van der Waals surface area contributed by atoms with Gasteiger partial charge < -0.3 is 20.5 Å². The Labute approximate surface area is 124 Å². The van der Waals surface area contributed by atoms with Crippen LogP contribution in [0, 0.1) is 0 Å². The van der Waals surface area contributed by atoms with E-state index >= 15 is 0 Å². The maximum atomic E-state index is 11.6. The van der Waals surface area contributed by atoms with Crippen molar-refractivity contribution in [2.45, 2.75) is 32.4 Å². The number of ether oxygens (including phenoxy) is 1. The summed E-state index contributed by atoms with van der Waals surface area (Å²) >= 11 is 5.98. The topological polar surface area (TPSA) is 70.6 Å². The summed E-state index contributed by atoms with van der Waals surface area (Å²) in [5, 5.41) is 14.9. The number of urea groups is 1. The monoisotopic (exact) mass is 300 g/mol. The minimum absolute atomic E-state index is 0.0738. The highest BCUT2D eigenvalue weighted by Crippen LogP contribution is 2.23. The van der Waals surface area contributed by atoms with Gasteiger partial charge in [0.2, 0.25) is 0 Å². The molecule has 0 saturated heterocycles. The molecule has 1 aromatic rings. The molecule has 0 radical (unpaired) electrons. The number of nitrogens with one attached hydrogen (secondary N) is 2. The van der Waals surface area contributed by atoms with E-state index in [9.17, 15) is 4.79 Å². The lowest BCUT2D eigenvalue weighted by Crippen LogP contribution is -2.46. The summed E-state index contributed by atoms with van der Waals surface area (Å²) in [6.45, 7) is 4.01. The maximum absolute atomic E-state index is 11.6. The van der Waals surface area contributed by atoms with E-state index < -0.39 is 0 Å². The summed E-state index contributed by atoms with van der Waals surface area (Å²) in [5.74, 6) is 0.589. The van der Waals surface area contributed by atoms with E-state index in [2.05, 4.69) is 10.6 Å². The van der Waals surface area contributed by atoms with Crippen molar-refractivity contribution < 1.29 is 14.6 Å². The lowest BCUT2D eigenvalue weighted by molar-refractivity contribution is 0.198. The van der Waals surface area contributed by atoms with Crippen molar-refractivity contribution >= 4 is 17.6 Å². The SMILES string of the molecule is CCC(CO)NC(=O)NCC(C)Oc1ccccc1Cl. The Morgan fingerprint density at radius 2 is 2.15 bits per heavy atom. The molecule has 3 N–H and O–H groups in total. The van der Waals surface area contributed by atoms with Crippen molar-refractivity contribution in [3.05, 3.63) is 29.3 Å². The van der Waals surface area contributed by atoms with Gasteiger partial charge in [0.05, 0.1) is 24.2 Å². The smallest absolute Gasteiger partial charge is 0.315 e. The lowest BCUT2D eigenvalue weighted by Gasteiger charge is -2.18. The van der Waals surface area contributed by atoms with Gasteiger partial charge in [0.15, 0.2) is 0 Å². The molecule has 0 bridgehead atoms. The van der Waals surface area contributed by atoms with Crippen LogP contribution in [0.4, 0.5) is 4.79 Å². The molecule has 0 heterocycles. The highest BCUT2D eigenvalue weighted by Gasteiger charge is 2.11. The van der Waals surface area contributed by atoms with Crippen LogP contribution in [0.1, 0.15) is 20.3 Å². The zero-order chi connectivity index (χ0) is 15.0. The van der Waals surface area contributed by atoms with Crippen molar-refractivity contribution in [1.29, 1.82) is 0 Å². The number of hydrogen-bond donors (Lipinski definition) is 3. The van der Waals surface area contributed by atoms with Gasteiger partial charge in [-0.15, -0.1) is 0 Å². The molecule has 0 aliphatic heterocycles. The summed E-state index contributed by atoms with van der Waals surface area (Å²) in [6, 6.07) is 6.64. The van der Waals surface area contributed by atoms with Crippen LogP contribution < -0.4 is 15.4 Å². The van der Waals surface area contributed by atoms with Crippen LogP contribution in [0.5, 0.6) is 5.75 Å². The number of aliphatic hydroxyl groups excluding tert-OH is 1. The highest BCUT2D eigenvalue weighted by molar-refractivity contribution is 6.32. The first-order chi connectivity index (χ1) is 9.56. The Balaban J connectivity index is 2.34. The largest absolute Gasteiger partial charge is 0.487 e. The second-order valence-electron chi connectivity index (χ2n) is 4.50. The van der Waals surface area contributed by atoms with E-state index in [0.717, 1.165) is 0 Å². The first-order valence-electron chi connectivity index (χ1n) is 6.63. The van der Waals surface area contributed by atoms with E-state index in [1.54, 1.807) is 12.1 Å². The first-order valence-corrected chi connectivity index (χ1v) is 7.01. The molecular formula is C14H21ClN2O3. The van der Waals surface area contributed by atoms with Crippen molar-refractivity contribution in [2.75, 3.05) is 13.2 Å². The van der Waals surface area contributed by atoms with Gasteiger partial charge in [0.1, 0.15) is 11.9 Å². The average Bonchev–Trinajstić information content (AvgIpc) is 2.45. The number of halogens is 1. The van der Waals surface area contributed by atoms with E-state index in [0.29, 0.717) is 23.7 Å². The molecule has 2 atom stereocenters. The van der Waals surface area contributed by atoms with Crippen LogP contribution in [0.2, 0.25) is 5.02 Å².